The van der Waals surface area contributed by atoms with Crippen LogP contribution in [0.15, 0.2) is 48.7 Å². The van der Waals surface area contributed by atoms with Gasteiger partial charge in [-0.25, -0.2) is 4.98 Å². The molecule has 2 heterocycles. The third-order valence-corrected chi connectivity index (χ3v) is 6.05. The van der Waals surface area contributed by atoms with E-state index in [0.717, 1.165) is 43.0 Å². The van der Waals surface area contributed by atoms with E-state index in [1.165, 1.54) is 0 Å². The van der Waals surface area contributed by atoms with Gasteiger partial charge in [-0.05, 0) is 67.2 Å². The molecule has 0 aliphatic heterocycles. The minimum absolute atomic E-state index is 0.163. The lowest BCUT2D eigenvalue weighted by Gasteiger charge is -2.28. The van der Waals surface area contributed by atoms with Crippen molar-refractivity contribution in [2.24, 2.45) is 0 Å². The van der Waals surface area contributed by atoms with E-state index in [0.29, 0.717) is 16.7 Å². The van der Waals surface area contributed by atoms with E-state index in [4.69, 9.17) is 16.3 Å². The van der Waals surface area contributed by atoms with Crippen LogP contribution >= 0.6 is 11.6 Å². The van der Waals surface area contributed by atoms with Crippen molar-refractivity contribution in [1.29, 1.82) is 0 Å². The number of rotatable bonds is 6. The standard InChI is InChI=1S/C21H23ClN4O2S/c1-29(27)14-19-24-25-21(26(19)17-9-7-16(22)8-10-17)15-5-11-18(12-6-15)28-20-4-2-3-13-23-20/h2-4,7-10,13,15,18H,5-6,11-12,14H2,1H3. The highest BCUT2D eigenvalue weighted by Crippen LogP contribution is 2.35. The van der Waals surface area contributed by atoms with Crippen molar-refractivity contribution in [3.8, 4) is 11.6 Å². The lowest BCUT2D eigenvalue weighted by Crippen LogP contribution is -2.25. The van der Waals surface area contributed by atoms with Gasteiger partial charge in [0.1, 0.15) is 11.9 Å². The zero-order valence-corrected chi connectivity index (χ0v) is 17.8. The zero-order valence-electron chi connectivity index (χ0n) is 16.2. The van der Waals surface area contributed by atoms with E-state index in [1.54, 1.807) is 12.5 Å². The number of pyridine rings is 1. The van der Waals surface area contributed by atoms with Gasteiger partial charge < -0.3 is 9.29 Å². The molecule has 6 nitrogen and oxygen atoms in total. The minimum Gasteiger partial charge on any atom is -0.616 e. The fourth-order valence-electron chi connectivity index (χ4n) is 3.77. The van der Waals surface area contributed by atoms with Crippen LogP contribution in [0.3, 0.4) is 0 Å². The molecule has 1 aromatic carbocycles. The molecule has 1 unspecified atom stereocenters. The van der Waals surface area contributed by atoms with Crippen LogP contribution in [0.4, 0.5) is 0 Å². The lowest BCUT2D eigenvalue weighted by molar-refractivity contribution is 0.139. The lowest BCUT2D eigenvalue weighted by atomic mass is 9.86. The van der Waals surface area contributed by atoms with Gasteiger partial charge in [0.05, 0.1) is 6.26 Å². The quantitative estimate of drug-likeness (QED) is 0.545. The molecule has 8 heteroatoms. The first-order valence-electron chi connectivity index (χ1n) is 9.68. The van der Waals surface area contributed by atoms with E-state index >= 15 is 0 Å². The predicted octanol–water partition coefficient (Wildman–Crippen LogP) is 4.30. The number of aromatic nitrogens is 4. The smallest absolute Gasteiger partial charge is 0.213 e. The van der Waals surface area contributed by atoms with E-state index < -0.39 is 11.2 Å². The molecule has 2 aromatic heterocycles. The molecule has 0 bridgehead atoms. The van der Waals surface area contributed by atoms with Crippen molar-refractivity contribution >= 4 is 22.8 Å². The summed E-state index contributed by atoms with van der Waals surface area (Å²) in [6.45, 7) is 0. The molecule has 0 amide bonds. The van der Waals surface area contributed by atoms with Crippen LogP contribution < -0.4 is 4.74 Å². The molecule has 1 aliphatic rings. The van der Waals surface area contributed by atoms with Crippen molar-refractivity contribution in [3.05, 3.63) is 65.3 Å². The van der Waals surface area contributed by atoms with E-state index in [-0.39, 0.29) is 12.0 Å². The Morgan fingerprint density at radius 3 is 2.52 bits per heavy atom. The molecule has 0 N–H and O–H groups in total. The molecule has 1 saturated carbocycles. The van der Waals surface area contributed by atoms with E-state index in [9.17, 15) is 4.55 Å². The van der Waals surface area contributed by atoms with Gasteiger partial charge in [0.2, 0.25) is 5.88 Å². The number of hydrogen-bond donors (Lipinski definition) is 0. The van der Waals surface area contributed by atoms with Gasteiger partial charge in [-0.15, -0.1) is 10.2 Å². The second-order valence-corrected chi connectivity index (χ2v) is 9.13. The predicted molar refractivity (Wildman–Crippen MR) is 114 cm³/mol. The summed E-state index contributed by atoms with van der Waals surface area (Å²) in [6.07, 6.45) is 7.37. The van der Waals surface area contributed by atoms with Crippen molar-refractivity contribution < 1.29 is 9.29 Å². The van der Waals surface area contributed by atoms with Gasteiger partial charge in [0, 0.05) is 28.9 Å². The first-order chi connectivity index (χ1) is 14.1. The van der Waals surface area contributed by atoms with Crippen LogP contribution in [0.2, 0.25) is 5.02 Å². The highest BCUT2D eigenvalue weighted by atomic mass is 35.5. The molecule has 1 fully saturated rings. The topological polar surface area (TPSA) is 75.9 Å². The first-order valence-corrected chi connectivity index (χ1v) is 11.8. The number of benzene rings is 1. The Hall–Kier alpha value is -2.09. The van der Waals surface area contributed by atoms with Crippen molar-refractivity contribution in [1.82, 2.24) is 19.7 Å². The highest BCUT2D eigenvalue weighted by Gasteiger charge is 2.29. The Morgan fingerprint density at radius 2 is 1.86 bits per heavy atom. The maximum atomic E-state index is 11.8. The number of nitrogens with zero attached hydrogens (tertiary/aromatic N) is 4. The summed E-state index contributed by atoms with van der Waals surface area (Å²) in [7, 11) is 0. The summed E-state index contributed by atoms with van der Waals surface area (Å²) in [6, 6.07) is 13.3. The Labute approximate surface area is 178 Å². The Bertz CT molecular complexity index is 926. The summed E-state index contributed by atoms with van der Waals surface area (Å²) < 4.78 is 19.9. The molecule has 1 atom stereocenters. The van der Waals surface area contributed by atoms with Crippen LogP contribution in [0.5, 0.6) is 5.88 Å². The van der Waals surface area contributed by atoms with Gasteiger partial charge in [0.15, 0.2) is 11.6 Å². The molecule has 29 heavy (non-hydrogen) atoms. The molecule has 1 aliphatic carbocycles. The second kappa shape index (κ2) is 9.15. The largest absolute Gasteiger partial charge is 0.616 e. The molecule has 4 rings (SSSR count). The van der Waals surface area contributed by atoms with Crippen LogP contribution in [0.1, 0.15) is 43.3 Å². The highest BCUT2D eigenvalue weighted by molar-refractivity contribution is 7.89. The van der Waals surface area contributed by atoms with Crippen molar-refractivity contribution in [3.63, 3.8) is 0 Å². The third kappa shape index (κ3) is 4.91. The van der Waals surface area contributed by atoms with E-state index in [1.807, 2.05) is 47.0 Å². The molecule has 3 aromatic rings. The summed E-state index contributed by atoms with van der Waals surface area (Å²) in [5, 5.41) is 9.53. The Kier molecular flexibility index (Phi) is 6.37. The second-order valence-electron chi connectivity index (χ2n) is 7.26. The maximum absolute atomic E-state index is 11.8. The first kappa shape index (κ1) is 20.2. The molecule has 0 spiro atoms. The fourth-order valence-corrected chi connectivity index (χ4v) is 4.44. The fraction of sp³-hybridized carbons (Fsp3) is 0.381. The van der Waals surface area contributed by atoms with E-state index in [2.05, 4.69) is 15.2 Å². The van der Waals surface area contributed by atoms with Gasteiger partial charge in [0.25, 0.3) is 0 Å². The van der Waals surface area contributed by atoms with Crippen molar-refractivity contribution in [2.45, 2.75) is 43.5 Å². The number of hydrogen-bond acceptors (Lipinski definition) is 5. The van der Waals surface area contributed by atoms with Crippen LogP contribution in [-0.2, 0) is 16.9 Å². The summed E-state index contributed by atoms with van der Waals surface area (Å²) in [4.78, 5) is 4.25. The summed E-state index contributed by atoms with van der Waals surface area (Å²) in [5.74, 6) is 2.96. The van der Waals surface area contributed by atoms with Crippen LogP contribution in [0, 0.1) is 0 Å². The molecule has 152 valence electrons. The van der Waals surface area contributed by atoms with Gasteiger partial charge in [-0.2, -0.15) is 0 Å². The molecule has 0 radical (unpaired) electrons. The normalized spacial score (nSPS) is 20.4. The Balaban J connectivity index is 1.52. The number of halogens is 1. The molecular formula is C21H23ClN4O2S. The average molecular weight is 431 g/mol. The molecule has 0 saturated heterocycles. The number of ether oxygens (including phenoxy) is 1. The van der Waals surface area contributed by atoms with Crippen molar-refractivity contribution in [2.75, 3.05) is 6.26 Å². The van der Waals surface area contributed by atoms with Gasteiger partial charge in [-0.1, -0.05) is 17.7 Å². The minimum atomic E-state index is -1.00. The van der Waals surface area contributed by atoms with Gasteiger partial charge in [-0.3, -0.25) is 4.57 Å². The summed E-state index contributed by atoms with van der Waals surface area (Å²) in [5.41, 5.74) is 0.946. The zero-order chi connectivity index (χ0) is 20.2. The van der Waals surface area contributed by atoms with Crippen LogP contribution in [0.25, 0.3) is 5.69 Å². The van der Waals surface area contributed by atoms with Crippen LogP contribution in [-0.4, -0.2) is 36.7 Å². The SMILES string of the molecule is C[S+]([O-])Cc1nnc(C2CCC(Oc3ccccn3)CC2)n1-c1ccc(Cl)cc1. The monoisotopic (exact) mass is 430 g/mol. The van der Waals surface area contributed by atoms with Gasteiger partial charge >= 0.3 is 0 Å². The Morgan fingerprint density at radius 1 is 1.10 bits per heavy atom. The third-order valence-electron chi connectivity index (χ3n) is 5.14. The average Bonchev–Trinajstić information content (AvgIpc) is 3.13. The molecular weight excluding hydrogens is 408 g/mol. The summed E-state index contributed by atoms with van der Waals surface area (Å²) >= 11 is 5.06. The maximum Gasteiger partial charge on any atom is 0.213 e.